The number of hydrogen-bond donors (Lipinski definition) is 1. The molecule has 1 aromatic rings. The van der Waals surface area contributed by atoms with Crippen LogP contribution in [0, 0.1) is 0 Å². The van der Waals surface area contributed by atoms with E-state index in [0.717, 1.165) is 19.5 Å². The Labute approximate surface area is 92.3 Å². The molecule has 2 nitrogen and oxygen atoms in total. The fourth-order valence-corrected chi connectivity index (χ4v) is 2.12. The average Bonchev–Trinajstić information content (AvgIpc) is 2.25. The van der Waals surface area contributed by atoms with Gasteiger partial charge < -0.3 is 10.2 Å². The summed E-state index contributed by atoms with van der Waals surface area (Å²) in [6, 6.07) is 12.0. The third-order valence-corrected chi connectivity index (χ3v) is 3.29. The van der Waals surface area contributed by atoms with Crippen molar-refractivity contribution in [1.82, 2.24) is 10.2 Å². The van der Waals surface area contributed by atoms with E-state index in [-0.39, 0.29) is 0 Å². The minimum Gasteiger partial charge on any atom is -0.311 e. The molecule has 1 saturated heterocycles. The summed E-state index contributed by atoms with van der Waals surface area (Å²) in [5.74, 6) is 0. The first-order chi connectivity index (χ1) is 7.25. The maximum absolute atomic E-state index is 3.61. The van der Waals surface area contributed by atoms with Crippen molar-refractivity contribution in [3.8, 4) is 0 Å². The van der Waals surface area contributed by atoms with Gasteiger partial charge in [-0.3, -0.25) is 0 Å². The summed E-state index contributed by atoms with van der Waals surface area (Å²) in [6.45, 7) is 4.52. The molecule has 0 saturated carbocycles. The fourth-order valence-electron chi connectivity index (χ4n) is 2.12. The highest BCUT2D eigenvalue weighted by atomic mass is 15.2. The second-order valence-corrected chi connectivity index (χ2v) is 4.58. The largest absolute Gasteiger partial charge is 0.311 e. The highest BCUT2D eigenvalue weighted by Crippen LogP contribution is 2.09. The van der Waals surface area contributed by atoms with Crippen LogP contribution in [0.4, 0.5) is 0 Å². The van der Waals surface area contributed by atoms with Crippen LogP contribution in [0.25, 0.3) is 0 Å². The van der Waals surface area contributed by atoms with Gasteiger partial charge >= 0.3 is 0 Å². The van der Waals surface area contributed by atoms with Crippen LogP contribution in [-0.2, 0) is 6.42 Å². The normalized spacial score (nSPS) is 27.9. The number of nitrogens with zero attached hydrogens (tertiary/aromatic N) is 1. The third-order valence-electron chi connectivity index (χ3n) is 3.29. The van der Waals surface area contributed by atoms with E-state index in [1.165, 1.54) is 5.56 Å². The Morgan fingerprint density at radius 3 is 2.73 bits per heavy atom. The van der Waals surface area contributed by atoms with Crippen molar-refractivity contribution < 1.29 is 0 Å². The average molecular weight is 204 g/mol. The lowest BCUT2D eigenvalue weighted by atomic mass is 10.0. The molecule has 82 valence electrons. The molecular weight excluding hydrogens is 184 g/mol. The van der Waals surface area contributed by atoms with Crippen LogP contribution in [0.1, 0.15) is 12.5 Å². The van der Waals surface area contributed by atoms with Crippen molar-refractivity contribution in [3.05, 3.63) is 35.9 Å². The molecule has 2 unspecified atom stereocenters. The Kier molecular flexibility index (Phi) is 3.39. The molecule has 0 spiro atoms. The fraction of sp³-hybridized carbons (Fsp3) is 0.538. The lowest BCUT2D eigenvalue weighted by Gasteiger charge is -2.36. The van der Waals surface area contributed by atoms with Crippen molar-refractivity contribution in [2.75, 3.05) is 20.1 Å². The number of nitrogens with one attached hydrogen (secondary N) is 1. The Hall–Kier alpha value is -0.860. The van der Waals surface area contributed by atoms with Crippen LogP contribution in [0.2, 0.25) is 0 Å². The van der Waals surface area contributed by atoms with Gasteiger partial charge in [-0.2, -0.15) is 0 Å². The van der Waals surface area contributed by atoms with Gasteiger partial charge in [-0.1, -0.05) is 30.3 Å². The minimum absolute atomic E-state index is 0.605. The SMILES string of the molecule is CC1CNC(Cc2ccccc2)CN1C. The monoisotopic (exact) mass is 204 g/mol. The van der Waals surface area contributed by atoms with Crippen LogP contribution in [0.5, 0.6) is 0 Å². The van der Waals surface area contributed by atoms with Gasteiger partial charge in [0.05, 0.1) is 0 Å². The summed E-state index contributed by atoms with van der Waals surface area (Å²) in [6.07, 6.45) is 1.14. The highest BCUT2D eigenvalue weighted by molar-refractivity contribution is 5.16. The first-order valence-electron chi connectivity index (χ1n) is 5.73. The maximum atomic E-state index is 3.61. The Balaban J connectivity index is 1.91. The molecule has 1 aromatic carbocycles. The number of piperazine rings is 1. The Morgan fingerprint density at radius 2 is 2.07 bits per heavy atom. The zero-order valence-electron chi connectivity index (χ0n) is 9.61. The molecule has 2 heteroatoms. The van der Waals surface area contributed by atoms with Crippen molar-refractivity contribution in [2.45, 2.75) is 25.4 Å². The molecule has 2 atom stereocenters. The smallest absolute Gasteiger partial charge is 0.0236 e. The lowest BCUT2D eigenvalue weighted by molar-refractivity contribution is 0.175. The van der Waals surface area contributed by atoms with E-state index in [2.05, 4.69) is 54.5 Å². The van der Waals surface area contributed by atoms with E-state index in [4.69, 9.17) is 0 Å². The van der Waals surface area contributed by atoms with Crippen LogP contribution in [0.15, 0.2) is 30.3 Å². The van der Waals surface area contributed by atoms with Crippen molar-refractivity contribution in [1.29, 1.82) is 0 Å². The lowest BCUT2D eigenvalue weighted by Crippen LogP contribution is -2.54. The molecule has 0 radical (unpaired) electrons. The second kappa shape index (κ2) is 4.77. The Morgan fingerprint density at radius 1 is 1.33 bits per heavy atom. The second-order valence-electron chi connectivity index (χ2n) is 4.58. The maximum Gasteiger partial charge on any atom is 0.0236 e. The Bertz CT molecular complexity index is 297. The predicted molar refractivity (Wildman–Crippen MR) is 64.0 cm³/mol. The molecule has 1 fully saturated rings. The quantitative estimate of drug-likeness (QED) is 0.786. The van der Waals surface area contributed by atoms with Crippen LogP contribution >= 0.6 is 0 Å². The van der Waals surface area contributed by atoms with E-state index >= 15 is 0 Å². The number of benzene rings is 1. The molecule has 2 rings (SSSR count). The van der Waals surface area contributed by atoms with Gasteiger partial charge in [-0.25, -0.2) is 0 Å². The summed E-state index contributed by atoms with van der Waals surface area (Å²) < 4.78 is 0. The molecule has 0 bridgehead atoms. The zero-order valence-corrected chi connectivity index (χ0v) is 9.61. The molecule has 0 amide bonds. The summed E-state index contributed by atoms with van der Waals surface area (Å²) in [5.41, 5.74) is 1.43. The van der Waals surface area contributed by atoms with Crippen molar-refractivity contribution in [2.24, 2.45) is 0 Å². The van der Waals surface area contributed by atoms with Gasteiger partial charge in [-0.15, -0.1) is 0 Å². The van der Waals surface area contributed by atoms with E-state index in [0.29, 0.717) is 12.1 Å². The molecular formula is C13H20N2. The number of likely N-dealkylation sites (N-methyl/N-ethyl adjacent to an activating group) is 1. The minimum atomic E-state index is 0.605. The van der Waals surface area contributed by atoms with E-state index in [9.17, 15) is 0 Å². The molecule has 0 aliphatic carbocycles. The molecule has 1 heterocycles. The third kappa shape index (κ3) is 2.80. The summed E-state index contributed by atoms with van der Waals surface area (Å²) in [4.78, 5) is 2.43. The standard InChI is InChI=1S/C13H20N2/c1-11-9-14-13(10-15(11)2)8-12-6-4-3-5-7-12/h3-7,11,13-14H,8-10H2,1-2H3. The molecule has 1 aliphatic rings. The highest BCUT2D eigenvalue weighted by Gasteiger charge is 2.21. The number of hydrogen-bond acceptors (Lipinski definition) is 2. The molecule has 1 aliphatic heterocycles. The molecule has 0 aromatic heterocycles. The van der Waals surface area contributed by atoms with E-state index in [1.807, 2.05) is 0 Å². The van der Waals surface area contributed by atoms with Crippen LogP contribution in [0.3, 0.4) is 0 Å². The topological polar surface area (TPSA) is 15.3 Å². The van der Waals surface area contributed by atoms with Crippen LogP contribution in [-0.4, -0.2) is 37.1 Å². The summed E-state index contributed by atoms with van der Waals surface area (Å²) in [5, 5.41) is 3.61. The molecule has 15 heavy (non-hydrogen) atoms. The van der Waals surface area contributed by atoms with Crippen LogP contribution < -0.4 is 5.32 Å². The number of rotatable bonds is 2. The molecule has 1 N–H and O–H groups in total. The summed E-state index contributed by atoms with van der Waals surface area (Å²) in [7, 11) is 2.21. The van der Waals surface area contributed by atoms with Gasteiger partial charge in [0.2, 0.25) is 0 Å². The van der Waals surface area contributed by atoms with Crippen molar-refractivity contribution >= 4 is 0 Å². The summed E-state index contributed by atoms with van der Waals surface area (Å²) >= 11 is 0. The predicted octanol–water partition coefficient (Wildman–Crippen LogP) is 1.52. The van der Waals surface area contributed by atoms with Gasteiger partial charge in [0.1, 0.15) is 0 Å². The zero-order chi connectivity index (χ0) is 10.7. The van der Waals surface area contributed by atoms with Gasteiger partial charge in [0.25, 0.3) is 0 Å². The van der Waals surface area contributed by atoms with Gasteiger partial charge in [0.15, 0.2) is 0 Å². The van der Waals surface area contributed by atoms with E-state index in [1.54, 1.807) is 0 Å². The van der Waals surface area contributed by atoms with Gasteiger partial charge in [0, 0.05) is 25.2 Å². The van der Waals surface area contributed by atoms with Gasteiger partial charge in [-0.05, 0) is 26.0 Å². The first kappa shape index (κ1) is 10.7. The van der Waals surface area contributed by atoms with Crippen molar-refractivity contribution in [3.63, 3.8) is 0 Å². The first-order valence-corrected chi connectivity index (χ1v) is 5.73. The van der Waals surface area contributed by atoms with E-state index < -0.39 is 0 Å².